The molecule has 1 heterocycles. The van der Waals surface area contributed by atoms with E-state index in [1.807, 2.05) is 0 Å². The predicted molar refractivity (Wildman–Crippen MR) is 90.1 cm³/mol. The zero-order valence-electron chi connectivity index (χ0n) is 12.4. The van der Waals surface area contributed by atoms with Crippen molar-refractivity contribution in [2.24, 2.45) is 0 Å². The van der Waals surface area contributed by atoms with Crippen molar-refractivity contribution >= 4 is 23.1 Å². The normalized spacial score (nSPS) is 20.0. The molecule has 1 aliphatic carbocycles. The molecule has 0 amide bonds. The van der Waals surface area contributed by atoms with Crippen LogP contribution >= 0.6 is 11.8 Å². The number of rotatable bonds is 3. The van der Waals surface area contributed by atoms with E-state index in [9.17, 15) is 0 Å². The molecule has 1 saturated heterocycles. The Hall–Kier alpha value is -1.32. The summed E-state index contributed by atoms with van der Waals surface area (Å²) in [5.41, 5.74) is 5.52. The van der Waals surface area contributed by atoms with E-state index < -0.39 is 0 Å². The number of hydrogen-bond donors (Lipinski definition) is 0. The minimum atomic E-state index is 0.590. The summed E-state index contributed by atoms with van der Waals surface area (Å²) in [6.07, 6.45) is 6.76. The van der Waals surface area contributed by atoms with Gasteiger partial charge in [0.05, 0.1) is 5.56 Å². The Morgan fingerprint density at radius 3 is 2.62 bits per heavy atom. The second kappa shape index (κ2) is 7.10. The van der Waals surface area contributed by atoms with Crippen LogP contribution in [-0.4, -0.2) is 37.6 Å². The summed E-state index contributed by atoms with van der Waals surface area (Å²) in [7, 11) is 1.70. The van der Waals surface area contributed by atoms with Gasteiger partial charge in [0.15, 0.2) is 0 Å². The van der Waals surface area contributed by atoms with Gasteiger partial charge in [0.2, 0.25) is 0 Å². The monoisotopic (exact) mass is 301 g/mol. The van der Waals surface area contributed by atoms with E-state index >= 15 is 0 Å². The minimum Gasteiger partial charge on any atom is -0.375 e. The molecule has 0 unspecified atom stereocenters. The predicted octanol–water partition coefficient (Wildman–Crippen LogP) is 3.90. The quantitative estimate of drug-likeness (QED) is 0.623. The topological polar surface area (TPSA) is 20.5 Å². The summed E-state index contributed by atoms with van der Waals surface area (Å²) in [6, 6.07) is 8.56. The van der Waals surface area contributed by atoms with E-state index in [-0.39, 0.29) is 0 Å². The Kier molecular flexibility index (Phi) is 4.94. The van der Waals surface area contributed by atoms with E-state index in [1.54, 1.807) is 12.7 Å². The van der Waals surface area contributed by atoms with Crippen LogP contribution in [0.2, 0.25) is 0 Å². The molecule has 2 aliphatic rings. The van der Waals surface area contributed by atoms with E-state index in [0.29, 0.717) is 13.2 Å². The van der Waals surface area contributed by atoms with Crippen LogP contribution in [0.25, 0.3) is 5.57 Å². The number of thioether (sulfide) groups is 1. The molecule has 110 valence electrons. The van der Waals surface area contributed by atoms with Gasteiger partial charge in [0.25, 0.3) is 6.61 Å². The Morgan fingerprint density at radius 2 is 1.86 bits per heavy atom. The van der Waals surface area contributed by atoms with E-state index in [2.05, 4.69) is 48.2 Å². The van der Waals surface area contributed by atoms with Crippen molar-refractivity contribution in [3.63, 3.8) is 0 Å². The third kappa shape index (κ3) is 3.30. The van der Waals surface area contributed by atoms with Gasteiger partial charge in [-0.15, -0.1) is 0 Å². The summed E-state index contributed by atoms with van der Waals surface area (Å²) in [4.78, 5) is 0. The lowest BCUT2D eigenvalue weighted by molar-refractivity contribution is -0.277. The Morgan fingerprint density at radius 1 is 1.10 bits per heavy atom. The summed E-state index contributed by atoms with van der Waals surface area (Å²) in [5.74, 6) is 3.45. The molecular formula is C18H21O2S+. The molecule has 2 nitrogen and oxygen atoms in total. The van der Waals surface area contributed by atoms with Gasteiger partial charge in [0, 0.05) is 13.2 Å². The van der Waals surface area contributed by atoms with E-state index in [1.165, 1.54) is 41.0 Å². The van der Waals surface area contributed by atoms with Crippen molar-refractivity contribution in [3.05, 3.63) is 53.1 Å². The molecular weight excluding hydrogens is 280 g/mol. The SMILES string of the molecule is COCC[O+]=C1C=CC(=C2CCSCC2)c2ccccc21. The number of carbonyl (C=O) groups excluding carboxylic acids is 1. The first kappa shape index (κ1) is 14.6. The molecule has 0 N–H and O–H groups in total. The number of ether oxygens (including phenoxy) is 1. The van der Waals surface area contributed by atoms with Gasteiger partial charge < -0.3 is 4.74 Å². The highest BCUT2D eigenvalue weighted by molar-refractivity contribution is 7.99. The van der Waals surface area contributed by atoms with Crippen LogP contribution in [-0.2, 0) is 4.74 Å². The van der Waals surface area contributed by atoms with Gasteiger partial charge in [-0.1, -0.05) is 23.8 Å². The summed E-state index contributed by atoms with van der Waals surface area (Å²) >= 11 is 2.06. The molecule has 0 atom stereocenters. The average Bonchev–Trinajstić information content (AvgIpc) is 2.56. The van der Waals surface area contributed by atoms with Crippen molar-refractivity contribution < 1.29 is 9.16 Å². The van der Waals surface area contributed by atoms with Crippen LogP contribution < -0.4 is 0 Å². The fourth-order valence-electron chi connectivity index (χ4n) is 2.83. The van der Waals surface area contributed by atoms with Crippen LogP contribution in [0.4, 0.5) is 0 Å². The highest BCUT2D eigenvalue weighted by Gasteiger charge is 2.24. The van der Waals surface area contributed by atoms with Crippen LogP contribution in [0.15, 0.2) is 42.0 Å². The number of benzene rings is 1. The van der Waals surface area contributed by atoms with Gasteiger partial charge in [0.1, 0.15) is 6.61 Å². The highest BCUT2D eigenvalue weighted by Crippen LogP contribution is 2.34. The van der Waals surface area contributed by atoms with Crippen molar-refractivity contribution in [2.45, 2.75) is 12.8 Å². The van der Waals surface area contributed by atoms with Crippen molar-refractivity contribution in [1.82, 2.24) is 0 Å². The zero-order chi connectivity index (χ0) is 14.5. The number of fused-ring (bicyclic) bond motifs is 1. The Balaban J connectivity index is 1.98. The van der Waals surface area contributed by atoms with Crippen molar-refractivity contribution in [3.8, 4) is 0 Å². The lowest BCUT2D eigenvalue weighted by Gasteiger charge is -2.20. The third-order valence-electron chi connectivity index (χ3n) is 3.91. The second-order valence-corrected chi connectivity index (χ2v) is 6.44. The molecule has 0 spiro atoms. The second-order valence-electron chi connectivity index (χ2n) is 5.21. The van der Waals surface area contributed by atoms with Crippen LogP contribution in [0.5, 0.6) is 0 Å². The maximum absolute atomic E-state index is 5.86. The minimum absolute atomic E-state index is 0.590. The third-order valence-corrected chi connectivity index (χ3v) is 4.89. The molecule has 0 saturated carbocycles. The average molecular weight is 301 g/mol. The van der Waals surface area contributed by atoms with Gasteiger partial charge in [-0.3, -0.25) is 4.42 Å². The van der Waals surface area contributed by atoms with Crippen LogP contribution in [0, 0.1) is 0 Å². The fraction of sp³-hybridized carbons (Fsp3) is 0.389. The molecule has 1 aliphatic heterocycles. The number of hydrogen-bond acceptors (Lipinski definition) is 2. The molecule has 21 heavy (non-hydrogen) atoms. The first-order chi connectivity index (χ1) is 10.4. The Bertz CT molecular complexity index is 591. The fourth-order valence-corrected chi connectivity index (χ4v) is 3.81. The highest BCUT2D eigenvalue weighted by atomic mass is 32.2. The van der Waals surface area contributed by atoms with Crippen molar-refractivity contribution in [1.29, 1.82) is 0 Å². The molecule has 3 heteroatoms. The first-order valence-electron chi connectivity index (χ1n) is 7.46. The van der Waals surface area contributed by atoms with Gasteiger partial charge in [-0.25, -0.2) is 0 Å². The molecule has 0 aromatic heterocycles. The van der Waals surface area contributed by atoms with Crippen molar-refractivity contribution in [2.75, 3.05) is 31.8 Å². The summed E-state index contributed by atoms with van der Waals surface area (Å²) in [5, 5.41) is 0. The largest absolute Gasteiger partial charge is 0.375 e. The maximum atomic E-state index is 5.86. The maximum Gasteiger partial charge on any atom is 0.351 e. The number of allylic oxidation sites excluding steroid dienone is 4. The van der Waals surface area contributed by atoms with Gasteiger partial charge in [-0.2, -0.15) is 11.8 Å². The molecule has 1 fully saturated rings. The smallest absolute Gasteiger partial charge is 0.351 e. The van der Waals surface area contributed by atoms with Crippen LogP contribution in [0.1, 0.15) is 28.4 Å². The number of methoxy groups -OCH3 is 1. The lowest BCUT2D eigenvalue weighted by Crippen LogP contribution is -2.11. The van der Waals surface area contributed by atoms with Gasteiger partial charge in [-0.05, 0) is 47.6 Å². The Labute approximate surface area is 130 Å². The summed E-state index contributed by atoms with van der Waals surface area (Å²) in [6.45, 7) is 1.21. The van der Waals surface area contributed by atoms with Crippen LogP contribution in [0.3, 0.4) is 0 Å². The molecule has 0 radical (unpaired) electrons. The molecule has 1 aromatic carbocycles. The molecule has 1 aromatic rings. The van der Waals surface area contributed by atoms with Gasteiger partial charge >= 0.3 is 5.78 Å². The number of ketones is 1. The lowest BCUT2D eigenvalue weighted by atomic mass is 9.87. The zero-order valence-corrected chi connectivity index (χ0v) is 13.2. The standard InChI is InChI=1S/C18H21O2S/c1-19-10-11-20-18-7-6-15(14-8-12-21-13-9-14)16-4-2-3-5-17(16)18/h2-7H,8-13H2,1H3/q+1. The first-order valence-corrected chi connectivity index (χ1v) is 8.62. The van der Waals surface area contributed by atoms with E-state index in [0.717, 1.165) is 5.78 Å². The molecule has 3 rings (SSSR count). The summed E-state index contributed by atoms with van der Waals surface area (Å²) < 4.78 is 10.9. The van der Waals surface area contributed by atoms with E-state index in [4.69, 9.17) is 9.16 Å². The molecule has 0 bridgehead atoms.